The fourth-order valence-electron chi connectivity index (χ4n) is 3.91. The molecule has 0 saturated carbocycles. The molecule has 0 unspecified atom stereocenters. The Balaban J connectivity index is 2.07. The minimum atomic E-state index is -2.40. The number of methoxy groups -OCH3 is 2. The van der Waals surface area contributed by atoms with Crippen molar-refractivity contribution in [1.29, 1.82) is 0 Å². The normalized spacial score (nSPS) is 10.9. The van der Waals surface area contributed by atoms with Crippen LogP contribution in [-0.4, -0.2) is 25.8 Å². The molecule has 0 aromatic heterocycles. The summed E-state index contributed by atoms with van der Waals surface area (Å²) in [6.45, 7) is -2.40. The van der Waals surface area contributed by atoms with E-state index in [9.17, 15) is 4.79 Å². The van der Waals surface area contributed by atoms with E-state index in [2.05, 4.69) is 36.4 Å². The van der Waals surface area contributed by atoms with Crippen LogP contribution >= 0.6 is 6.89 Å². The highest BCUT2D eigenvalue weighted by Crippen LogP contribution is 2.44. The Morgan fingerprint density at radius 3 is 1.53 bits per heavy atom. The Morgan fingerprint density at radius 2 is 1.12 bits per heavy atom. The molecule has 3 nitrogen and oxygen atoms in total. The van der Waals surface area contributed by atoms with Crippen LogP contribution < -0.4 is 25.4 Å². The lowest BCUT2D eigenvalue weighted by atomic mass is 10.1. The van der Waals surface area contributed by atoms with Gasteiger partial charge in [-0.1, -0.05) is 91.0 Å². The SMILES string of the molecule is COc1ccc(OC)c(C(=O)C=P(c2ccccc2)(c2ccccc2)c2ccccc2)c1. The van der Waals surface area contributed by atoms with Crippen LogP contribution in [0.25, 0.3) is 0 Å². The highest BCUT2D eigenvalue weighted by Gasteiger charge is 2.27. The fraction of sp³-hybridized carbons (Fsp3) is 0.0714. The van der Waals surface area contributed by atoms with Crippen LogP contribution in [0.1, 0.15) is 10.4 Å². The van der Waals surface area contributed by atoms with Gasteiger partial charge in [0.05, 0.1) is 19.8 Å². The molecule has 32 heavy (non-hydrogen) atoms. The lowest BCUT2D eigenvalue weighted by molar-refractivity contribution is 0.107. The molecule has 0 spiro atoms. The van der Waals surface area contributed by atoms with Crippen molar-refractivity contribution in [3.8, 4) is 11.5 Å². The lowest BCUT2D eigenvalue weighted by Gasteiger charge is -2.28. The van der Waals surface area contributed by atoms with Crippen molar-refractivity contribution in [1.82, 2.24) is 0 Å². The predicted octanol–water partition coefficient (Wildman–Crippen LogP) is 4.68. The second-order valence-electron chi connectivity index (χ2n) is 7.29. The van der Waals surface area contributed by atoms with Crippen molar-refractivity contribution < 1.29 is 14.3 Å². The lowest BCUT2D eigenvalue weighted by Crippen LogP contribution is -2.28. The zero-order valence-corrected chi connectivity index (χ0v) is 19.0. The molecule has 0 atom stereocenters. The van der Waals surface area contributed by atoms with Gasteiger partial charge in [0, 0.05) is 0 Å². The average Bonchev–Trinajstić information content (AvgIpc) is 2.88. The number of carbonyl (C=O) groups is 1. The molecule has 0 saturated heterocycles. The Bertz CT molecular complexity index is 1150. The molecule has 0 radical (unpaired) electrons. The molecule has 4 rings (SSSR count). The Hall–Kier alpha value is -3.55. The molecular formula is C28H25O3P. The minimum absolute atomic E-state index is 0.0920. The smallest absolute Gasteiger partial charge is 0.190 e. The van der Waals surface area contributed by atoms with Crippen LogP contribution in [0.4, 0.5) is 0 Å². The van der Waals surface area contributed by atoms with Gasteiger partial charge < -0.3 is 9.47 Å². The zero-order valence-electron chi connectivity index (χ0n) is 18.1. The molecule has 0 heterocycles. The first kappa shape index (κ1) is 21.7. The van der Waals surface area contributed by atoms with Crippen LogP contribution in [0.5, 0.6) is 11.5 Å². The van der Waals surface area contributed by atoms with Crippen LogP contribution in [0.2, 0.25) is 0 Å². The first-order valence-corrected chi connectivity index (χ1v) is 12.2. The van der Waals surface area contributed by atoms with E-state index in [4.69, 9.17) is 9.47 Å². The topological polar surface area (TPSA) is 35.5 Å². The van der Waals surface area contributed by atoms with Gasteiger partial charge in [0.25, 0.3) is 0 Å². The highest BCUT2D eigenvalue weighted by molar-refractivity contribution is 7.95. The second kappa shape index (κ2) is 9.72. The summed E-state index contributed by atoms with van der Waals surface area (Å²) in [6.07, 6.45) is 0. The molecule has 0 bridgehead atoms. The van der Waals surface area contributed by atoms with Gasteiger partial charge in [-0.05, 0) is 46.8 Å². The van der Waals surface area contributed by atoms with Crippen molar-refractivity contribution in [2.45, 2.75) is 0 Å². The highest BCUT2D eigenvalue weighted by atomic mass is 31.2. The van der Waals surface area contributed by atoms with E-state index >= 15 is 0 Å². The number of benzene rings is 4. The zero-order chi connectivity index (χ0) is 22.4. The molecular weight excluding hydrogens is 415 g/mol. The summed E-state index contributed by atoms with van der Waals surface area (Å²) in [7, 11) is 3.17. The van der Waals surface area contributed by atoms with Gasteiger partial charge >= 0.3 is 0 Å². The number of ether oxygens (including phenoxy) is 2. The summed E-state index contributed by atoms with van der Waals surface area (Å²) in [6, 6.07) is 36.2. The van der Waals surface area contributed by atoms with Crippen molar-refractivity contribution in [3.05, 3.63) is 115 Å². The first-order chi connectivity index (χ1) is 15.7. The predicted molar refractivity (Wildman–Crippen MR) is 135 cm³/mol. The van der Waals surface area contributed by atoms with Gasteiger partial charge in [0.15, 0.2) is 5.78 Å². The maximum Gasteiger partial charge on any atom is 0.190 e. The van der Waals surface area contributed by atoms with E-state index in [0.717, 1.165) is 15.9 Å². The third-order valence-corrected chi connectivity index (χ3v) is 9.43. The standard InChI is InChI=1S/C28H25O3P/c1-30-22-18-19-28(31-2)26(20-22)27(29)21-32(23-12-6-3-7-13-23,24-14-8-4-9-15-24)25-16-10-5-11-17-25/h3-21H,1-2H3. The Kier molecular flexibility index (Phi) is 6.58. The molecule has 0 fully saturated rings. The number of rotatable bonds is 7. The quantitative estimate of drug-likeness (QED) is 0.309. The van der Waals surface area contributed by atoms with Crippen LogP contribution in [0.15, 0.2) is 109 Å². The van der Waals surface area contributed by atoms with Crippen molar-refractivity contribution in [2.75, 3.05) is 14.2 Å². The molecule has 0 N–H and O–H groups in total. The molecule has 4 aromatic rings. The van der Waals surface area contributed by atoms with E-state index in [1.165, 1.54) is 0 Å². The maximum atomic E-state index is 13.9. The van der Waals surface area contributed by atoms with E-state index in [0.29, 0.717) is 17.1 Å². The van der Waals surface area contributed by atoms with E-state index in [1.807, 2.05) is 60.4 Å². The van der Waals surface area contributed by atoms with Gasteiger partial charge in [-0.2, -0.15) is 0 Å². The Labute approximate surface area is 189 Å². The maximum absolute atomic E-state index is 13.9. The van der Waals surface area contributed by atoms with Gasteiger partial charge in [0.1, 0.15) is 11.5 Å². The molecule has 0 aliphatic heterocycles. The Morgan fingerprint density at radius 1 is 0.656 bits per heavy atom. The van der Waals surface area contributed by atoms with Crippen molar-refractivity contribution in [3.63, 3.8) is 0 Å². The monoisotopic (exact) mass is 440 g/mol. The van der Waals surface area contributed by atoms with E-state index in [1.54, 1.807) is 32.4 Å². The van der Waals surface area contributed by atoms with Crippen molar-refractivity contribution >= 4 is 34.4 Å². The summed E-state index contributed by atoms with van der Waals surface area (Å²) >= 11 is 0. The molecule has 4 heteroatoms. The van der Waals surface area contributed by atoms with Gasteiger partial charge in [0.2, 0.25) is 0 Å². The van der Waals surface area contributed by atoms with E-state index < -0.39 is 6.89 Å². The number of carbonyl (C=O) groups excluding carboxylic acids is 1. The average molecular weight is 440 g/mol. The number of ketones is 1. The first-order valence-electron chi connectivity index (χ1n) is 10.4. The summed E-state index contributed by atoms with van der Waals surface area (Å²) in [5.74, 6) is 2.96. The molecule has 0 amide bonds. The third-order valence-electron chi connectivity index (χ3n) is 5.47. The molecule has 0 aliphatic carbocycles. The summed E-state index contributed by atoms with van der Waals surface area (Å²) in [5, 5.41) is 3.35. The van der Waals surface area contributed by atoms with Gasteiger partial charge in [-0.15, -0.1) is 0 Å². The van der Waals surface area contributed by atoms with Crippen LogP contribution in [-0.2, 0) is 0 Å². The summed E-state index contributed by atoms with van der Waals surface area (Å²) in [4.78, 5) is 13.9. The molecule has 0 aliphatic rings. The third kappa shape index (κ3) is 4.12. The van der Waals surface area contributed by atoms with Gasteiger partial charge in [-0.3, -0.25) is 4.79 Å². The number of Topliss-reactive ketones (excluding diaryl/α,β-unsaturated/α-hetero) is 1. The van der Waals surface area contributed by atoms with E-state index in [-0.39, 0.29) is 5.78 Å². The largest absolute Gasteiger partial charge is 0.497 e. The fourth-order valence-corrected chi connectivity index (χ4v) is 7.67. The number of hydrogen-bond acceptors (Lipinski definition) is 3. The summed E-state index contributed by atoms with van der Waals surface area (Å²) in [5.41, 5.74) is 0.485. The van der Waals surface area contributed by atoms with Crippen LogP contribution in [0, 0.1) is 0 Å². The molecule has 160 valence electrons. The number of hydrogen-bond donors (Lipinski definition) is 0. The summed E-state index contributed by atoms with van der Waals surface area (Å²) < 4.78 is 10.9. The molecule has 4 aromatic carbocycles. The van der Waals surface area contributed by atoms with Crippen LogP contribution in [0.3, 0.4) is 0 Å². The van der Waals surface area contributed by atoms with Crippen molar-refractivity contribution in [2.24, 2.45) is 0 Å². The minimum Gasteiger partial charge on any atom is -0.497 e. The second-order valence-corrected chi connectivity index (χ2v) is 10.5. The van der Waals surface area contributed by atoms with Gasteiger partial charge in [-0.25, -0.2) is 0 Å².